The number of rotatable bonds is 4. The lowest BCUT2D eigenvalue weighted by Crippen LogP contribution is -2.79. The first-order valence-electron chi connectivity index (χ1n) is 10.5. The van der Waals surface area contributed by atoms with Gasteiger partial charge in [-0.2, -0.15) is 0 Å². The van der Waals surface area contributed by atoms with Crippen LogP contribution >= 0.6 is 0 Å². The molecule has 4 rings (SSSR count). The number of hydrogen-bond acceptors (Lipinski definition) is 5. The maximum absolute atomic E-state index is 11.9. The number of pyridine rings is 1. The van der Waals surface area contributed by atoms with Gasteiger partial charge in [0.05, 0.1) is 7.11 Å². The smallest absolute Gasteiger partial charge is 0.171 e. The molecular weight excluding hydrogens is 362 g/mol. The van der Waals surface area contributed by atoms with Crippen molar-refractivity contribution in [1.29, 1.82) is 0 Å². The van der Waals surface area contributed by atoms with Crippen molar-refractivity contribution in [1.82, 2.24) is 9.88 Å². The maximum atomic E-state index is 11.9. The van der Waals surface area contributed by atoms with Crippen LogP contribution in [0.2, 0.25) is 0 Å². The lowest BCUT2D eigenvalue weighted by molar-refractivity contribution is -0.307. The van der Waals surface area contributed by atoms with Crippen LogP contribution in [0.4, 0.5) is 5.82 Å². The van der Waals surface area contributed by atoms with Gasteiger partial charge in [0.15, 0.2) is 11.6 Å². The first-order valence-corrected chi connectivity index (χ1v) is 10.5. The number of anilines is 1. The van der Waals surface area contributed by atoms with Crippen LogP contribution in [0.25, 0.3) is 0 Å². The Morgan fingerprint density at radius 3 is 2.14 bits per heavy atom. The van der Waals surface area contributed by atoms with Crippen molar-refractivity contribution < 1.29 is 9.84 Å². The van der Waals surface area contributed by atoms with Crippen molar-refractivity contribution in [3.8, 4) is 5.75 Å². The van der Waals surface area contributed by atoms with Crippen LogP contribution in [0.15, 0.2) is 48.7 Å². The van der Waals surface area contributed by atoms with Gasteiger partial charge in [-0.25, -0.2) is 4.98 Å². The molecule has 1 saturated carbocycles. The van der Waals surface area contributed by atoms with Crippen molar-refractivity contribution in [2.45, 2.75) is 39.3 Å². The summed E-state index contributed by atoms with van der Waals surface area (Å²) in [6, 6.07) is 14.3. The Bertz CT molecular complexity index is 841. The number of hydrogen-bond donors (Lipinski definition) is 1. The van der Waals surface area contributed by atoms with Gasteiger partial charge < -0.3 is 14.7 Å². The van der Waals surface area contributed by atoms with Gasteiger partial charge in [-0.15, -0.1) is 0 Å². The van der Waals surface area contributed by atoms with Crippen LogP contribution in [-0.4, -0.2) is 54.3 Å². The van der Waals surface area contributed by atoms with Gasteiger partial charge in [-0.1, -0.05) is 58.0 Å². The normalized spacial score (nSPS) is 28.6. The Balaban J connectivity index is 1.53. The van der Waals surface area contributed by atoms with Crippen LogP contribution in [0.5, 0.6) is 5.75 Å². The first kappa shape index (κ1) is 20.2. The average Bonchev–Trinajstić information content (AvgIpc) is 2.73. The first-order chi connectivity index (χ1) is 13.7. The van der Waals surface area contributed by atoms with Gasteiger partial charge in [-0.3, -0.25) is 4.90 Å². The predicted molar refractivity (Wildman–Crippen MR) is 116 cm³/mol. The summed E-state index contributed by atoms with van der Waals surface area (Å²) in [4.78, 5) is 9.40. The van der Waals surface area contributed by atoms with Gasteiger partial charge in [-0.05, 0) is 17.7 Å². The van der Waals surface area contributed by atoms with E-state index in [2.05, 4.69) is 54.6 Å². The van der Waals surface area contributed by atoms with Crippen LogP contribution in [0, 0.1) is 10.8 Å². The van der Waals surface area contributed by atoms with Gasteiger partial charge in [0.25, 0.3) is 0 Å². The summed E-state index contributed by atoms with van der Waals surface area (Å²) in [5, 5.41) is 11.9. The van der Waals surface area contributed by atoms with Gasteiger partial charge in [0.1, 0.15) is 5.60 Å². The third kappa shape index (κ3) is 2.78. The monoisotopic (exact) mass is 395 g/mol. The van der Waals surface area contributed by atoms with E-state index in [1.54, 1.807) is 7.11 Å². The molecule has 0 radical (unpaired) electrons. The zero-order valence-corrected chi connectivity index (χ0v) is 18.2. The average molecular weight is 396 g/mol. The van der Waals surface area contributed by atoms with E-state index in [4.69, 9.17) is 4.74 Å². The van der Waals surface area contributed by atoms with Gasteiger partial charge in [0.2, 0.25) is 0 Å². The van der Waals surface area contributed by atoms with E-state index < -0.39 is 5.60 Å². The molecule has 0 amide bonds. The second-order valence-electron chi connectivity index (χ2n) is 9.47. The molecule has 2 aromatic rings. The molecule has 1 aromatic heterocycles. The molecule has 2 heterocycles. The predicted octanol–water partition coefficient (Wildman–Crippen LogP) is 3.53. The summed E-state index contributed by atoms with van der Waals surface area (Å²) in [6.45, 7) is 12.5. The largest absolute Gasteiger partial charge is 0.493 e. The second-order valence-corrected chi connectivity index (χ2v) is 9.47. The summed E-state index contributed by atoms with van der Waals surface area (Å²) >= 11 is 0. The molecule has 1 aromatic carbocycles. The van der Waals surface area contributed by atoms with E-state index in [0.717, 1.165) is 43.3 Å². The molecule has 2 fully saturated rings. The molecule has 0 bridgehead atoms. The molecule has 1 N–H and O–H groups in total. The number of aliphatic hydroxyl groups is 1. The fourth-order valence-corrected chi connectivity index (χ4v) is 6.36. The molecule has 29 heavy (non-hydrogen) atoms. The minimum Gasteiger partial charge on any atom is -0.493 e. The standard InChI is InChI=1S/C24H33N3O2/c1-22(2)21(23(3,4)24(22,28)18-10-7-6-8-11-18)27-16-14-26(15-17-27)20-19(29-5)12-9-13-25-20/h6-13,21,28H,14-17H2,1-5H3. The lowest BCUT2D eigenvalue weighted by atomic mass is 9.39. The summed E-state index contributed by atoms with van der Waals surface area (Å²) in [6.07, 6.45) is 1.82. The third-order valence-electron chi connectivity index (χ3n) is 7.37. The van der Waals surface area contributed by atoms with Crippen LogP contribution in [-0.2, 0) is 5.60 Å². The lowest BCUT2D eigenvalue weighted by Gasteiger charge is -2.72. The highest BCUT2D eigenvalue weighted by molar-refractivity contribution is 5.52. The number of methoxy groups -OCH3 is 1. The minimum absolute atomic E-state index is 0.247. The Kier molecular flexibility index (Phi) is 4.87. The Hall–Kier alpha value is -2.11. The number of nitrogens with zero attached hydrogens (tertiary/aromatic N) is 3. The van der Waals surface area contributed by atoms with Gasteiger partial charge in [0, 0.05) is 49.2 Å². The molecule has 0 spiro atoms. The topological polar surface area (TPSA) is 48.8 Å². The maximum Gasteiger partial charge on any atom is 0.171 e. The molecule has 1 saturated heterocycles. The van der Waals surface area contributed by atoms with Crippen molar-refractivity contribution in [2.24, 2.45) is 10.8 Å². The molecule has 1 aliphatic heterocycles. The van der Waals surface area contributed by atoms with Crippen molar-refractivity contribution in [3.63, 3.8) is 0 Å². The molecule has 156 valence electrons. The molecule has 0 unspecified atom stereocenters. The van der Waals surface area contributed by atoms with E-state index in [0.29, 0.717) is 6.04 Å². The van der Waals surface area contributed by atoms with Crippen LogP contribution < -0.4 is 9.64 Å². The summed E-state index contributed by atoms with van der Waals surface area (Å²) in [7, 11) is 1.70. The number of piperazine rings is 1. The van der Waals surface area contributed by atoms with Crippen LogP contribution in [0.1, 0.15) is 33.3 Å². The highest BCUT2D eigenvalue weighted by atomic mass is 16.5. The van der Waals surface area contributed by atoms with E-state index in [1.165, 1.54) is 0 Å². The molecule has 2 aliphatic rings. The van der Waals surface area contributed by atoms with E-state index in [1.807, 2.05) is 36.5 Å². The molecular formula is C24H33N3O2. The minimum atomic E-state index is -0.854. The number of aromatic nitrogens is 1. The highest BCUT2D eigenvalue weighted by Gasteiger charge is 2.73. The second kappa shape index (κ2) is 6.99. The zero-order chi connectivity index (χ0) is 20.9. The van der Waals surface area contributed by atoms with E-state index >= 15 is 0 Å². The van der Waals surface area contributed by atoms with E-state index in [9.17, 15) is 5.11 Å². The number of ether oxygens (including phenoxy) is 1. The molecule has 0 atom stereocenters. The van der Waals surface area contributed by atoms with E-state index in [-0.39, 0.29) is 10.8 Å². The van der Waals surface area contributed by atoms with Gasteiger partial charge >= 0.3 is 0 Å². The van der Waals surface area contributed by atoms with Crippen molar-refractivity contribution >= 4 is 5.82 Å². The summed E-state index contributed by atoms with van der Waals surface area (Å²) in [5.74, 6) is 1.74. The van der Waals surface area contributed by atoms with Crippen molar-refractivity contribution in [3.05, 3.63) is 54.2 Å². The molecule has 5 heteroatoms. The SMILES string of the molecule is COc1cccnc1N1CCN(C2C(C)(C)C(O)(c3ccccc3)C2(C)C)CC1. The zero-order valence-electron chi connectivity index (χ0n) is 18.2. The summed E-state index contributed by atoms with van der Waals surface area (Å²) < 4.78 is 5.50. The van der Waals surface area contributed by atoms with Crippen LogP contribution in [0.3, 0.4) is 0 Å². The molecule has 5 nitrogen and oxygen atoms in total. The summed E-state index contributed by atoms with van der Waals surface area (Å²) in [5.41, 5.74) is -0.332. The molecule has 1 aliphatic carbocycles. The Morgan fingerprint density at radius 1 is 0.931 bits per heavy atom. The number of benzene rings is 1. The fourth-order valence-electron chi connectivity index (χ4n) is 6.36. The Labute approximate surface area is 174 Å². The third-order valence-corrected chi connectivity index (χ3v) is 7.37. The fraction of sp³-hybridized carbons (Fsp3) is 0.542. The highest BCUT2D eigenvalue weighted by Crippen LogP contribution is 2.68. The Morgan fingerprint density at radius 2 is 1.55 bits per heavy atom. The van der Waals surface area contributed by atoms with Crippen molar-refractivity contribution in [2.75, 3.05) is 38.2 Å². The quantitative estimate of drug-likeness (QED) is 0.858.